The first-order valence-electron chi connectivity index (χ1n) is 7.00. The maximum absolute atomic E-state index is 11.2. The number of hydrogen-bond acceptors (Lipinski definition) is 8. The summed E-state index contributed by atoms with van der Waals surface area (Å²) in [6.07, 6.45) is -8.52. The van der Waals surface area contributed by atoms with Crippen molar-refractivity contribution in [3.05, 3.63) is 40.8 Å². The maximum Gasteiger partial charge on any atom is 0.336 e. The zero-order chi connectivity index (χ0) is 17.4. The van der Waals surface area contributed by atoms with Crippen LogP contribution in [0.2, 0.25) is 0 Å². The monoisotopic (exact) mass is 344 g/mol. The molecule has 0 aliphatic carbocycles. The molecule has 1 aromatic carbocycles. The van der Waals surface area contributed by atoms with Gasteiger partial charge in [0, 0.05) is 17.5 Å². The molecule has 0 spiro atoms. The molecule has 2 heterocycles. The van der Waals surface area contributed by atoms with Crippen LogP contribution in [0.4, 0.5) is 0 Å². The summed E-state index contributed by atoms with van der Waals surface area (Å²) in [5, 5.41) is 38.9. The second kappa shape index (κ2) is 6.21. The number of rotatable bonds is 3. The smallest absolute Gasteiger partial charge is 0.336 e. The van der Waals surface area contributed by atoms with Crippen LogP contribution >= 0.6 is 0 Å². The quantitative estimate of drug-likeness (QED) is 0.518. The lowest BCUT2D eigenvalue weighted by Crippen LogP contribution is -2.61. The first-order valence-corrected chi connectivity index (χ1v) is 7.00. The lowest BCUT2D eigenvalue weighted by Gasteiger charge is -2.38. The van der Waals surface area contributed by atoms with E-state index in [0.29, 0.717) is 5.39 Å². The molecule has 9 nitrogen and oxygen atoms in total. The molecule has 1 fully saturated rings. The van der Waals surface area contributed by atoms with Crippen molar-refractivity contribution in [1.29, 1.82) is 0 Å². The minimum Gasteiger partial charge on any atom is -0.479 e. The highest BCUT2D eigenvalue weighted by molar-refractivity contribution is 5.77. The van der Waals surface area contributed by atoms with Gasteiger partial charge in [0.1, 0.15) is 29.6 Å². The molecule has 3 rings (SSSR count). The van der Waals surface area contributed by atoms with Crippen molar-refractivity contribution in [2.45, 2.75) is 30.7 Å². The van der Waals surface area contributed by atoms with Gasteiger partial charge in [-0.2, -0.15) is 0 Å². The van der Waals surface area contributed by atoms with E-state index in [9.17, 15) is 24.9 Å². The molecule has 1 saturated heterocycles. The van der Waals surface area contributed by atoms with Gasteiger partial charge in [-0.3, -0.25) is 0 Å². The molecule has 0 amide bonds. The fraction of sp³-hybridized carbons (Fsp3) is 0.333. The molecule has 0 bridgehead atoms. The van der Waals surface area contributed by atoms with Crippen molar-refractivity contribution in [3.63, 3.8) is 0 Å². The van der Waals surface area contributed by atoms with Gasteiger partial charge >= 0.3 is 11.6 Å². The van der Waals surface area contributed by atoms with Gasteiger partial charge in [-0.1, -0.05) is 0 Å². The number of hydrogen-bond donors (Lipinski definition) is 4. The molecule has 5 unspecified atom stereocenters. The lowest BCUT2D eigenvalue weighted by molar-refractivity contribution is -0.271. The van der Waals surface area contributed by atoms with E-state index in [-0.39, 0.29) is 11.3 Å². The number of ether oxygens (including phenoxy) is 2. The summed E-state index contributed by atoms with van der Waals surface area (Å²) in [6, 6.07) is 7.25. The Morgan fingerprint density at radius 3 is 2.46 bits per heavy atom. The molecule has 128 valence electrons. The molecule has 1 aromatic heterocycles. The van der Waals surface area contributed by atoms with Crippen LogP contribution in [0.5, 0.6) is 5.75 Å². The Bertz CT molecular complexity index is 814. The normalized spacial score (nSPS) is 30.2. The fourth-order valence-electron chi connectivity index (χ4n) is 2.40. The first-order chi connectivity index (χ1) is 11.4. The van der Waals surface area contributed by atoms with E-state index in [1.807, 2.05) is 0 Å². The zero-order valence-corrected chi connectivity index (χ0v) is 12.1. The van der Waals surface area contributed by atoms with Gasteiger partial charge in [0.25, 0.3) is 0 Å². The highest BCUT2D eigenvalue weighted by atomic mass is 16.7. The van der Waals surface area contributed by atoms with Crippen LogP contribution in [0.3, 0.4) is 0 Å². The SMILES string of the molecule is O=C(O)C1OC(O[13c]2[13cH][13cH][13c]3ccc(=O)o[13c]3[13cH]2)C(O)C(O)C1O. The van der Waals surface area contributed by atoms with Crippen molar-refractivity contribution >= 4 is 16.9 Å². The summed E-state index contributed by atoms with van der Waals surface area (Å²) in [5.74, 6) is -1.39. The maximum atomic E-state index is 11.2. The van der Waals surface area contributed by atoms with Crippen LogP contribution in [-0.2, 0) is 9.53 Å². The van der Waals surface area contributed by atoms with E-state index < -0.39 is 42.3 Å². The van der Waals surface area contributed by atoms with Crippen LogP contribution < -0.4 is 10.4 Å². The van der Waals surface area contributed by atoms with E-state index >= 15 is 0 Å². The van der Waals surface area contributed by atoms with Gasteiger partial charge in [0.15, 0.2) is 6.10 Å². The van der Waals surface area contributed by atoms with Gasteiger partial charge in [0.05, 0.1) is 0 Å². The Labute approximate surface area is 134 Å². The number of aliphatic hydroxyl groups excluding tert-OH is 3. The summed E-state index contributed by atoms with van der Waals surface area (Å²) < 4.78 is 15.3. The third kappa shape index (κ3) is 2.97. The summed E-state index contributed by atoms with van der Waals surface area (Å²) in [6.45, 7) is 0. The second-order valence-corrected chi connectivity index (χ2v) is 5.31. The van der Waals surface area contributed by atoms with E-state index in [0.717, 1.165) is 0 Å². The molecule has 4 N–H and O–H groups in total. The number of benzene rings is 1. The van der Waals surface area contributed by atoms with Crippen molar-refractivity contribution in [1.82, 2.24) is 0 Å². The average molecular weight is 344 g/mol. The van der Waals surface area contributed by atoms with Gasteiger partial charge in [-0.25, -0.2) is 9.59 Å². The molecule has 24 heavy (non-hydrogen) atoms. The first kappa shape index (κ1) is 16.4. The number of carbonyl (C=O) groups is 1. The Morgan fingerprint density at radius 2 is 1.75 bits per heavy atom. The van der Waals surface area contributed by atoms with Gasteiger partial charge in [-0.05, 0) is 18.2 Å². The van der Waals surface area contributed by atoms with Crippen LogP contribution in [-0.4, -0.2) is 57.1 Å². The Kier molecular flexibility index (Phi) is 4.24. The van der Waals surface area contributed by atoms with Gasteiger partial charge in [-0.15, -0.1) is 0 Å². The Hall–Kier alpha value is -2.46. The van der Waals surface area contributed by atoms with Crippen molar-refractivity contribution in [2.75, 3.05) is 0 Å². The number of carboxylic acid groups (broad SMARTS) is 1. The number of aliphatic hydroxyl groups is 3. The molecule has 9 heteroatoms. The van der Waals surface area contributed by atoms with Crippen LogP contribution in [0.15, 0.2) is 39.5 Å². The third-order valence-corrected chi connectivity index (χ3v) is 3.66. The average Bonchev–Trinajstić information content (AvgIpc) is 2.54. The summed E-state index contributed by atoms with van der Waals surface area (Å²) in [4.78, 5) is 22.3. The van der Waals surface area contributed by atoms with Crippen LogP contribution in [0.1, 0.15) is 0 Å². The van der Waals surface area contributed by atoms with Crippen molar-refractivity contribution < 1.29 is 39.1 Å². The van der Waals surface area contributed by atoms with E-state index in [4.69, 9.17) is 19.0 Å². The number of fused-ring (bicyclic) bond motifs is 1. The largest absolute Gasteiger partial charge is 0.479 e. The molecule has 1 aliphatic rings. The number of carboxylic acids is 1. The van der Waals surface area contributed by atoms with E-state index in [1.165, 1.54) is 18.2 Å². The van der Waals surface area contributed by atoms with Gasteiger partial charge in [0.2, 0.25) is 6.29 Å². The molecule has 0 saturated carbocycles. The lowest BCUT2D eigenvalue weighted by atomic mass is 9.99. The standard InChI is InChI=1S/C15H14O9/c16-9-4-2-6-1-3-7(5-8(6)23-9)22-15-12(19)10(17)11(18)13(24-15)14(20)21/h1-5,10-13,15,17-19H,(H,20,21)/i1+1,3+1,5+1,6+1,7+1,8+1. The number of aliphatic carboxylic acids is 1. The van der Waals surface area contributed by atoms with Gasteiger partial charge < -0.3 is 34.3 Å². The molecule has 5 atom stereocenters. The van der Waals surface area contributed by atoms with Crippen molar-refractivity contribution in [2.24, 2.45) is 0 Å². The highest BCUT2D eigenvalue weighted by Crippen LogP contribution is 2.26. The molecule has 1 aliphatic heterocycles. The Morgan fingerprint density at radius 1 is 1.04 bits per heavy atom. The second-order valence-electron chi connectivity index (χ2n) is 5.31. The van der Waals surface area contributed by atoms with Crippen molar-refractivity contribution in [3.8, 4) is 5.75 Å². The summed E-state index contributed by atoms with van der Waals surface area (Å²) in [5.41, 5.74) is -0.334. The molecule has 2 aromatic rings. The predicted molar refractivity (Wildman–Crippen MR) is 77.4 cm³/mol. The molecular weight excluding hydrogens is 330 g/mol. The van der Waals surface area contributed by atoms with Crippen LogP contribution in [0.25, 0.3) is 11.0 Å². The minimum atomic E-state index is -1.80. The highest BCUT2D eigenvalue weighted by Gasteiger charge is 2.48. The zero-order valence-electron chi connectivity index (χ0n) is 12.1. The predicted octanol–water partition coefficient (Wildman–Crippen LogP) is -0.936. The molecular formula is C15H14O9. The third-order valence-electron chi connectivity index (χ3n) is 3.66. The summed E-state index contributed by atoms with van der Waals surface area (Å²) in [7, 11) is 0. The molecule has 0 radical (unpaired) electrons. The minimum absolute atomic E-state index is 0.119. The van der Waals surface area contributed by atoms with E-state index in [2.05, 4.69) is 0 Å². The topological polar surface area (TPSA) is 147 Å². The Balaban J connectivity index is 1.86. The summed E-state index contributed by atoms with van der Waals surface area (Å²) >= 11 is 0. The fourth-order valence-corrected chi connectivity index (χ4v) is 2.40. The van der Waals surface area contributed by atoms with Crippen LogP contribution in [0, 0.1) is 0 Å². The van der Waals surface area contributed by atoms with E-state index in [1.54, 1.807) is 12.1 Å².